The molecule has 1 atom stereocenters. The lowest BCUT2D eigenvalue weighted by atomic mass is 9.87. The highest BCUT2D eigenvalue weighted by Crippen LogP contribution is 2.51. The van der Waals surface area contributed by atoms with Gasteiger partial charge in [0.05, 0.1) is 23.8 Å². The maximum absolute atomic E-state index is 14.0. The van der Waals surface area contributed by atoms with E-state index in [1.165, 1.54) is 13.1 Å². The number of benzene rings is 2. The first-order chi connectivity index (χ1) is 19.6. The zero-order valence-electron chi connectivity index (χ0n) is 23.1. The maximum Gasteiger partial charge on any atom is 0.317 e. The van der Waals surface area contributed by atoms with E-state index in [2.05, 4.69) is 0 Å². The largest absolute Gasteiger partial charge is 0.491 e. The Morgan fingerprint density at radius 2 is 1.86 bits per heavy atom. The maximum atomic E-state index is 14.0. The third kappa shape index (κ3) is 6.22. The van der Waals surface area contributed by atoms with Gasteiger partial charge in [-0.25, -0.2) is 26.0 Å². The molecule has 8 nitrogen and oxygen atoms in total. The molecule has 1 saturated carbocycles. The molecule has 2 heterocycles. The standard InChI is InChI=1S/C28H32F4N2O6S2/c1-26(29,30)9-8-19-14-34(18-6-4-3-5-7-18)21-10-23(41-20-12-28(31,32)13-20)22(11-24(21)42(37,38)33(19)2)40-17-27(25(35)36)15-39-16-27/h3-7,10-11,19-20H,8-9,12-17H2,1-2H3,(H,35,36). The van der Waals surface area contributed by atoms with Crippen LogP contribution in [-0.2, 0) is 19.6 Å². The number of likely N-dealkylation sites (N-methyl/N-ethyl adjacent to an activating group) is 1. The summed E-state index contributed by atoms with van der Waals surface area (Å²) in [6, 6.07) is 10.9. The number of halogens is 4. The summed E-state index contributed by atoms with van der Waals surface area (Å²) in [5.74, 6) is -6.88. The Hall–Kier alpha value is -2.55. The molecule has 1 unspecified atom stereocenters. The van der Waals surface area contributed by atoms with Crippen molar-refractivity contribution >= 4 is 39.1 Å². The van der Waals surface area contributed by atoms with Gasteiger partial charge in [0.2, 0.25) is 21.9 Å². The Kier molecular flexibility index (Phi) is 8.22. The number of sulfonamides is 1. The minimum absolute atomic E-state index is 0.0463. The lowest BCUT2D eigenvalue weighted by Crippen LogP contribution is -2.53. The van der Waals surface area contributed by atoms with Crippen LogP contribution in [-0.4, -0.2) is 80.3 Å². The number of nitrogens with zero attached hydrogens (tertiary/aromatic N) is 2. The summed E-state index contributed by atoms with van der Waals surface area (Å²) < 4.78 is 95.3. The second-order valence-corrected chi connectivity index (χ2v) is 14.7. The first-order valence-corrected chi connectivity index (χ1v) is 15.8. The Labute approximate surface area is 246 Å². The van der Waals surface area contributed by atoms with Crippen molar-refractivity contribution in [2.75, 3.05) is 38.3 Å². The number of hydrogen-bond acceptors (Lipinski definition) is 7. The smallest absolute Gasteiger partial charge is 0.317 e. The highest BCUT2D eigenvalue weighted by molar-refractivity contribution is 8.00. The highest BCUT2D eigenvalue weighted by atomic mass is 32.2. The number of hydrogen-bond donors (Lipinski definition) is 1. The number of aliphatic carboxylic acids is 1. The average Bonchev–Trinajstić information content (AvgIpc) is 2.94. The fourth-order valence-corrected chi connectivity index (χ4v) is 8.17. The zero-order chi connectivity index (χ0) is 30.5. The first kappa shape index (κ1) is 30.9. The van der Waals surface area contributed by atoms with Crippen LogP contribution < -0.4 is 9.64 Å². The van der Waals surface area contributed by atoms with Gasteiger partial charge in [0.15, 0.2) is 0 Å². The molecule has 5 rings (SSSR count). The van der Waals surface area contributed by atoms with E-state index in [1.807, 2.05) is 0 Å². The Morgan fingerprint density at radius 3 is 2.40 bits per heavy atom. The lowest BCUT2D eigenvalue weighted by Gasteiger charge is -2.37. The average molecular weight is 633 g/mol. The van der Waals surface area contributed by atoms with E-state index >= 15 is 0 Å². The van der Waals surface area contributed by atoms with Gasteiger partial charge < -0.3 is 19.5 Å². The number of alkyl halides is 4. The Bertz CT molecular complexity index is 1430. The summed E-state index contributed by atoms with van der Waals surface area (Å²) in [6.07, 6.45) is -1.36. The minimum Gasteiger partial charge on any atom is -0.491 e. The first-order valence-electron chi connectivity index (χ1n) is 13.5. The Morgan fingerprint density at radius 1 is 1.19 bits per heavy atom. The topological polar surface area (TPSA) is 96.4 Å². The molecule has 1 saturated heterocycles. The molecule has 1 N–H and O–H groups in total. The van der Waals surface area contributed by atoms with Crippen LogP contribution in [0.2, 0.25) is 0 Å². The number of ether oxygens (including phenoxy) is 2. The molecule has 2 aliphatic heterocycles. The molecule has 0 radical (unpaired) electrons. The van der Waals surface area contributed by atoms with Gasteiger partial charge >= 0.3 is 5.97 Å². The molecule has 0 bridgehead atoms. The molecule has 0 spiro atoms. The van der Waals surface area contributed by atoms with E-state index in [9.17, 15) is 35.9 Å². The molecular weight excluding hydrogens is 600 g/mol. The fraction of sp³-hybridized carbons (Fsp3) is 0.536. The lowest BCUT2D eigenvalue weighted by molar-refractivity contribution is -0.185. The molecule has 42 heavy (non-hydrogen) atoms. The van der Waals surface area contributed by atoms with Crippen LogP contribution in [0.5, 0.6) is 5.75 Å². The van der Waals surface area contributed by atoms with Crippen molar-refractivity contribution in [1.82, 2.24) is 4.31 Å². The molecule has 2 aromatic rings. The number of carboxylic acids is 1. The number of carboxylic acid groups (broad SMARTS) is 1. The van der Waals surface area contributed by atoms with Crippen LogP contribution in [0, 0.1) is 5.41 Å². The summed E-state index contributed by atoms with van der Waals surface area (Å²) >= 11 is 1.12. The van der Waals surface area contributed by atoms with Crippen molar-refractivity contribution in [3.05, 3.63) is 42.5 Å². The number of carbonyl (C=O) groups is 1. The summed E-state index contributed by atoms with van der Waals surface area (Å²) in [5.41, 5.74) is -0.450. The third-order valence-corrected chi connectivity index (χ3v) is 11.1. The van der Waals surface area contributed by atoms with Crippen molar-refractivity contribution in [2.45, 2.75) is 65.5 Å². The van der Waals surface area contributed by atoms with Gasteiger partial charge in [0, 0.05) is 55.9 Å². The normalized spacial score (nSPS) is 23.3. The summed E-state index contributed by atoms with van der Waals surface area (Å²) in [7, 11) is -2.91. The molecule has 3 aliphatic rings. The molecule has 2 aromatic carbocycles. The van der Waals surface area contributed by atoms with E-state index in [1.54, 1.807) is 41.3 Å². The van der Waals surface area contributed by atoms with Gasteiger partial charge in [-0.3, -0.25) is 4.79 Å². The van der Waals surface area contributed by atoms with Crippen LogP contribution in [0.3, 0.4) is 0 Å². The van der Waals surface area contributed by atoms with Crippen molar-refractivity contribution in [2.24, 2.45) is 5.41 Å². The van der Waals surface area contributed by atoms with E-state index in [4.69, 9.17) is 9.47 Å². The predicted molar refractivity (Wildman–Crippen MR) is 149 cm³/mol. The highest BCUT2D eigenvalue weighted by Gasteiger charge is 2.49. The van der Waals surface area contributed by atoms with E-state index in [-0.39, 0.29) is 62.0 Å². The molecular formula is C28H32F4N2O6S2. The number of para-hydroxylation sites is 1. The zero-order valence-corrected chi connectivity index (χ0v) is 24.7. The SMILES string of the molecule is CN1C(CCC(C)(F)F)CN(c2ccccc2)c2cc(SC3CC(F)(F)C3)c(OCC3(C(=O)O)COC3)cc2S1(=O)=O. The fourth-order valence-electron chi connectivity index (χ4n) is 5.18. The van der Waals surface area contributed by atoms with Gasteiger partial charge in [-0.15, -0.1) is 11.8 Å². The second kappa shape index (κ2) is 11.2. The Balaban J connectivity index is 1.60. The van der Waals surface area contributed by atoms with Crippen LogP contribution in [0.25, 0.3) is 0 Å². The summed E-state index contributed by atoms with van der Waals surface area (Å²) in [5, 5.41) is 9.25. The van der Waals surface area contributed by atoms with Crippen molar-refractivity contribution < 1.29 is 45.4 Å². The molecule has 0 amide bonds. The minimum atomic E-state index is -4.26. The number of thioether (sulfide) groups is 1. The van der Waals surface area contributed by atoms with E-state index in [0.717, 1.165) is 23.0 Å². The van der Waals surface area contributed by atoms with Gasteiger partial charge in [0.25, 0.3) is 0 Å². The van der Waals surface area contributed by atoms with E-state index in [0.29, 0.717) is 10.6 Å². The van der Waals surface area contributed by atoms with Gasteiger partial charge in [-0.2, -0.15) is 4.31 Å². The number of anilines is 2. The van der Waals surface area contributed by atoms with Crippen LogP contribution >= 0.6 is 11.8 Å². The molecule has 2 fully saturated rings. The third-order valence-electron chi connectivity index (χ3n) is 7.93. The molecule has 14 heteroatoms. The molecule has 0 aromatic heterocycles. The van der Waals surface area contributed by atoms with Crippen LogP contribution in [0.4, 0.5) is 28.9 Å². The van der Waals surface area contributed by atoms with Crippen molar-refractivity contribution in [3.63, 3.8) is 0 Å². The van der Waals surface area contributed by atoms with E-state index < -0.39 is 51.0 Å². The predicted octanol–water partition coefficient (Wildman–Crippen LogP) is 5.63. The van der Waals surface area contributed by atoms with Crippen molar-refractivity contribution in [1.29, 1.82) is 0 Å². The summed E-state index contributed by atoms with van der Waals surface area (Å²) in [6.45, 7) is 0.362. The second-order valence-electron chi connectivity index (χ2n) is 11.4. The van der Waals surface area contributed by atoms with Crippen molar-refractivity contribution in [3.8, 4) is 5.75 Å². The van der Waals surface area contributed by atoms with Gasteiger partial charge in [-0.05, 0) is 31.5 Å². The quantitative estimate of drug-likeness (QED) is 0.337. The van der Waals surface area contributed by atoms with Crippen LogP contribution in [0.1, 0.15) is 32.6 Å². The van der Waals surface area contributed by atoms with Gasteiger partial charge in [-0.1, -0.05) is 18.2 Å². The molecule has 230 valence electrons. The summed E-state index contributed by atoms with van der Waals surface area (Å²) in [4.78, 5) is 13.9. The number of fused-ring (bicyclic) bond motifs is 1. The van der Waals surface area contributed by atoms with Crippen LogP contribution in [0.15, 0.2) is 52.3 Å². The molecule has 1 aliphatic carbocycles. The van der Waals surface area contributed by atoms with Gasteiger partial charge in [0.1, 0.15) is 22.7 Å². The monoisotopic (exact) mass is 632 g/mol. The number of rotatable bonds is 10.